The zero-order valence-corrected chi connectivity index (χ0v) is 13.5. The topological polar surface area (TPSA) is 3.24 Å². The van der Waals surface area contributed by atoms with Crippen LogP contribution < -0.4 is 56.8 Å². The summed E-state index contributed by atoms with van der Waals surface area (Å²) in [5.41, 5.74) is 0.232. The Morgan fingerprint density at radius 2 is 1.65 bits per heavy atom. The van der Waals surface area contributed by atoms with Crippen LogP contribution in [0.25, 0.3) is 6.08 Å². The van der Waals surface area contributed by atoms with E-state index in [1.54, 1.807) is 0 Å². The minimum atomic E-state index is -4.88. The van der Waals surface area contributed by atoms with E-state index in [1.807, 2.05) is 31.1 Å². The Bertz CT molecular complexity index is 360. The zero-order valence-electron chi connectivity index (χ0n) is 10.3. The number of likely N-dealkylation sites (N-methyl/N-ethyl adjacent to an activating group) is 1. The smallest absolute Gasteiger partial charge is 0.445 e. The van der Waals surface area contributed by atoms with Crippen LogP contribution >= 0.6 is 0 Å². The number of benzene rings is 1. The molecule has 6 heteroatoms. The van der Waals surface area contributed by atoms with Gasteiger partial charge < -0.3 is 17.8 Å². The SMILES string of the molecule is CN(C)C/C=C/c1ccc([B-](F)(F)F)cc1.[K+]. The van der Waals surface area contributed by atoms with E-state index in [9.17, 15) is 12.9 Å². The maximum absolute atomic E-state index is 12.3. The van der Waals surface area contributed by atoms with E-state index in [1.165, 1.54) is 12.1 Å². The quantitative estimate of drug-likeness (QED) is 0.653. The van der Waals surface area contributed by atoms with Crippen LogP contribution in [0.4, 0.5) is 12.9 Å². The molecule has 1 nitrogen and oxygen atoms in total. The molecule has 0 spiro atoms. The van der Waals surface area contributed by atoms with Gasteiger partial charge in [-0.25, -0.2) is 0 Å². The van der Waals surface area contributed by atoms with E-state index in [0.29, 0.717) is 0 Å². The molecular weight excluding hydrogens is 253 g/mol. The van der Waals surface area contributed by atoms with Crippen LogP contribution in [-0.4, -0.2) is 32.5 Å². The molecule has 0 bridgehead atoms. The van der Waals surface area contributed by atoms with Crippen molar-refractivity contribution in [3.63, 3.8) is 0 Å². The molecule has 0 atom stereocenters. The molecule has 0 aliphatic heterocycles. The Balaban J connectivity index is 0.00000256. The predicted molar refractivity (Wildman–Crippen MR) is 62.7 cm³/mol. The molecule has 0 fully saturated rings. The van der Waals surface area contributed by atoms with Crippen LogP contribution in [0.15, 0.2) is 30.3 Å². The molecule has 0 saturated heterocycles. The van der Waals surface area contributed by atoms with Gasteiger partial charge in [0, 0.05) is 6.54 Å². The molecule has 88 valence electrons. The number of rotatable bonds is 4. The normalized spacial score (nSPS) is 11.9. The van der Waals surface area contributed by atoms with Gasteiger partial charge in [-0.1, -0.05) is 36.4 Å². The third kappa shape index (κ3) is 6.79. The predicted octanol–water partition coefficient (Wildman–Crippen LogP) is -0.680. The van der Waals surface area contributed by atoms with Gasteiger partial charge in [-0.3, -0.25) is 0 Å². The molecule has 0 aromatic heterocycles. The minimum absolute atomic E-state index is 0. The first-order valence-corrected chi connectivity index (χ1v) is 5.01. The van der Waals surface area contributed by atoms with Gasteiger partial charge in [0.15, 0.2) is 0 Å². The first-order valence-electron chi connectivity index (χ1n) is 5.01. The number of nitrogens with zero attached hydrogens (tertiary/aromatic N) is 1. The zero-order chi connectivity index (χ0) is 12.2. The Labute approximate surface area is 143 Å². The molecule has 0 aliphatic rings. The van der Waals surface area contributed by atoms with Gasteiger partial charge in [0.1, 0.15) is 0 Å². The molecule has 1 aromatic carbocycles. The Morgan fingerprint density at radius 1 is 1.12 bits per heavy atom. The molecule has 0 unspecified atom stereocenters. The van der Waals surface area contributed by atoms with Crippen molar-refractivity contribution in [3.8, 4) is 0 Å². The van der Waals surface area contributed by atoms with E-state index in [4.69, 9.17) is 0 Å². The van der Waals surface area contributed by atoms with Gasteiger partial charge in [0.05, 0.1) is 0 Å². The fourth-order valence-corrected chi connectivity index (χ4v) is 1.22. The van der Waals surface area contributed by atoms with Crippen molar-refractivity contribution in [1.29, 1.82) is 0 Å². The Hall–Kier alpha value is 0.411. The van der Waals surface area contributed by atoms with Crippen LogP contribution in [0.3, 0.4) is 0 Å². The van der Waals surface area contributed by atoms with Crippen molar-refractivity contribution in [2.24, 2.45) is 0 Å². The van der Waals surface area contributed by atoms with E-state index in [0.717, 1.165) is 24.2 Å². The molecule has 0 heterocycles. The minimum Gasteiger partial charge on any atom is -0.445 e. The number of halogens is 3. The van der Waals surface area contributed by atoms with Crippen LogP contribution in [0.2, 0.25) is 0 Å². The standard InChI is InChI=1S/C11H14BF3N.K/c1-16(2)9-3-4-10-5-7-11(8-6-10)12(13,14)15;/h3-8H,9H2,1-2H3;/q-1;+1/b4-3+;. The molecule has 0 amide bonds. The van der Waals surface area contributed by atoms with Crippen LogP contribution in [0.1, 0.15) is 5.56 Å². The largest absolute Gasteiger partial charge is 1.00 e. The van der Waals surface area contributed by atoms with Crippen molar-refractivity contribution >= 4 is 18.5 Å². The second kappa shape index (κ2) is 7.76. The summed E-state index contributed by atoms with van der Waals surface area (Å²) in [7, 11) is 3.86. The van der Waals surface area contributed by atoms with Gasteiger partial charge in [-0.2, -0.15) is 0 Å². The van der Waals surface area contributed by atoms with Crippen molar-refractivity contribution in [2.45, 2.75) is 0 Å². The fraction of sp³-hybridized carbons (Fsp3) is 0.273. The van der Waals surface area contributed by atoms with Crippen LogP contribution in [0, 0.1) is 0 Å². The van der Waals surface area contributed by atoms with Crippen molar-refractivity contribution in [3.05, 3.63) is 35.9 Å². The van der Waals surface area contributed by atoms with Gasteiger partial charge >= 0.3 is 58.4 Å². The van der Waals surface area contributed by atoms with Gasteiger partial charge in [-0.05, 0) is 19.7 Å². The molecule has 17 heavy (non-hydrogen) atoms. The van der Waals surface area contributed by atoms with Crippen LogP contribution in [0.5, 0.6) is 0 Å². The van der Waals surface area contributed by atoms with Gasteiger partial charge in [0.25, 0.3) is 0 Å². The number of hydrogen-bond acceptors (Lipinski definition) is 1. The average molecular weight is 267 g/mol. The molecular formula is C11H14BF3KN. The summed E-state index contributed by atoms with van der Waals surface area (Å²) in [6.45, 7) is -4.11. The van der Waals surface area contributed by atoms with Crippen molar-refractivity contribution in [2.75, 3.05) is 20.6 Å². The molecule has 1 aromatic rings. The summed E-state index contributed by atoms with van der Waals surface area (Å²) < 4.78 is 36.9. The summed E-state index contributed by atoms with van der Waals surface area (Å²) in [4.78, 5) is 1.98. The fourth-order valence-electron chi connectivity index (χ4n) is 1.22. The van der Waals surface area contributed by atoms with E-state index in [-0.39, 0.29) is 51.4 Å². The summed E-state index contributed by atoms with van der Waals surface area (Å²) >= 11 is 0. The van der Waals surface area contributed by atoms with Gasteiger partial charge in [0.2, 0.25) is 0 Å². The molecule has 0 saturated carbocycles. The summed E-state index contributed by atoms with van der Waals surface area (Å²) in [5.74, 6) is 0. The second-order valence-electron chi connectivity index (χ2n) is 3.91. The first-order chi connectivity index (χ1) is 7.39. The summed E-state index contributed by atoms with van der Waals surface area (Å²) in [6, 6.07) is 5.21. The molecule has 1 rings (SSSR count). The summed E-state index contributed by atoms with van der Waals surface area (Å²) in [5, 5.41) is 0. The van der Waals surface area contributed by atoms with Crippen LogP contribution in [-0.2, 0) is 0 Å². The molecule has 0 aliphatic carbocycles. The Kier molecular flexibility index (Phi) is 7.95. The first kappa shape index (κ1) is 17.4. The van der Waals surface area contributed by atoms with Gasteiger partial charge in [-0.15, -0.1) is 5.46 Å². The third-order valence-corrected chi connectivity index (χ3v) is 2.10. The molecule has 0 radical (unpaired) electrons. The molecule has 0 N–H and O–H groups in total. The van der Waals surface area contributed by atoms with E-state index >= 15 is 0 Å². The van der Waals surface area contributed by atoms with E-state index < -0.39 is 12.4 Å². The average Bonchev–Trinajstić information content (AvgIpc) is 2.16. The van der Waals surface area contributed by atoms with Crippen molar-refractivity contribution < 1.29 is 64.3 Å². The third-order valence-electron chi connectivity index (χ3n) is 2.10. The monoisotopic (exact) mass is 267 g/mol. The number of hydrogen-bond donors (Lipinski definition) is 0. The van der Waals surface area contributed by atoms with Crippen molar-refractivity contribution in [1.82, 2.24) is 4.90 Å². The maximum Gasteiger partial charge on any atom is 1.00 e. The van der Waals surface area contributed by atoms with E-state index in [2.05, 4.69) is 0 Å². The second-order valence-corrected chi connectivity index (χ2v) is 3.91. The summed E-state index contributed by atoms with van der Waals surface area (Å²) in [6.07, 6.45) is 3.72. The Morgan fingerprint density at radius 3 is 2.06 bits per heavy atom. The maximum atomic E-state index is 12.3.